The van der Waals surface area contributed by atoms with E-state index < -0.39 is 0 Å². The molecule has 0 aliphatic carbocycles. The monoisotopic (exact) mass is 253 g/mol. The van der Waals surface area contributed by atoms with Crippen LogP contribution in [-0.2, 0) is 6.54 Å². The number of hydrogen-bond donors (Lipinski definition) is 1. The molecule has 0 radical (unpaired) electrons. The van der Waals surface area contributed by atoms with E-state index in [1.807, 2.05) is 11.7 Å². The number of hydrogen-bond acceptors (Lipinski definition) is 4. The van der Waals surface area contributed by atoms with E-state index in [-0.39, 0.29) is 0 Å². The van der Waals surface area contributed by atoms with Crippen LogP contribution in [0.4, 0.5) is 5.82 Å². The van der Waals surface area contributed by atoms with E-state index in [0.29, 0.717) is 6.54 Å². The molecule has 3 rings (SSSR count). The summed E-state index contributed by atoms with van der Waals surface area (Å²) in [5.74, 6) is 0.806. The molecular weight excluding hydrogens is 238 g/mol. The summed E-state index contributed by atoms with van der Waals surface area (Å²) in [6.45, 7) is 2.80. The number of fused-ring (bicyclic) bond motifs is 1. The lowest BCUT2D eigenvalue weighted by Crippen LogP contribution is -2.03. The first-order chi connectivity index (χ1) is 9.28. The van der Waals surface area contributed by atoms with Crippen LogP contribution >= 0.6 is 0 Å². The summed E-state index contributed by atoms with van der Waals surface area (Å²) in [7, 11) is 1.85. The van der Waals surface area contributed by atoms with Gasteiger partial charge in [-0.2, -0.15) is 5.10 Å². The lowest BCUT2D eigenvalue weighted by molar-refractivity contribution is 0.703. The summed E-state index contributed by atoms with van der Waals surface area (Å²) >= 11 is 0. The zero-order valence-corrected chi connectivity index (χ0v) is 11.0. The Kier molecular flexibility index (Phi) is 2.87. The van der Waals surface area contributed by atoms with Gasteiger partial charge in [-0.3, -0.25) is 0 Å². The van der Waals surface area contributed by atoms with Gasteiger partial charge in [0.1, 0.15) is 12.1 Å². The highest BCUT2D eigenvalue weighted by molar-refractivity contribution is 5.85. The third-order valence-corrected chi connectivity index (χ3v) is 3.09. The van der Waals surface area contributed by atoms with E-state index in [2.05, 4.69) is 51.6 Å². The van der Waals surface area contributed by atoms with Crippen molar-refractivity contribution < 1.29 is 0 Å². The second kappa shape index (κ2) is 4.68. The van der Waals surface area contributed by atoms with Gasteiger partial charge in [0.15, 0.2) is 5.65 Å². The second-order valence-electron chi connectivity index (χ2n) is 4.50. The maximum absolute atomic E-state index is 4.40. The van der Waals surface area contributed by atoms with Crippen LogP contribution in [0.5, 0.6) is 0 Å². The van der Waals surface area contributed by atoms with Gasteiger partial charge in [0.25, 0.3) is 0 Å². The predicted octanol–water partition coefficient (Wildman–Crippen LogP) is 2.22. The van der Waals surface area contributed by atoms with Crippen LogP contribution in [0.15, 0.2) is 36.8 Å². The van der Waals surface area contributed by atoms with Gasteiger partial charge in [-0.15, -0.1) is 0 Å². The van der Waals surface area contributed by atoms with Crippen LogP contribution in [0.25, 0.3) is 11.0 Å². The number of aryl methyl sites for hydroxylation is 1. The normalized spacial score (nSPS) is 10.8. The molecule has 5 nitrogen and oxygen atoms in total. The molecule has 0 saturated heterocycles. The Hall–Kier alpha value is -2.43. The molecule has 2 heterocycles. The van der Waals surface area contributed by atoms with E-state index in [1.165, 1.54) is 11.1 Å². The third kappa shape index (κ3) is 2.14. The van der Waals surface area contributed by atoms with Crippen molar-refractivity contribution in [3.63, 3.8) is 0 Å². The molecule has 3 aromatic rings. The van der Waals surface area contributed by atoms with Crippen molar-refractivity contribution >= 4 is 16.9 Å². The Balaban J connectivity index is 2.02. The first kappa shape index (κ1) is 11.6. The van der Waals surface area contributed by atoms with Crippen molar-refractivity contribution in [1.29, 1.82) is 0 Å². The molecule has 0 fully saturated rings. The Morgan fingerprint density at radius 1 is 1.26 bits per heavy atom. The molecule has 0 aliphatic rings. The number of benzene rings is 1. The lowest BCUT2D eigenvalue weighted by Gasteiger charge is -2.05. The fraction of sp³-hybridized carbons (Fsp3) is 0.214. The van der Waals surface area contributed by atoms with Crippen LogP contribution in [0.1, 0.15) is 11.1 Å². The largest absolute Gasteiger partial charge is 0.372 e. The molecule has 0 unspecified atom stereocenters. The van der Waals surface area contributed by atoms with E-state index in [0.717, 1.165) is 16.9 Å². The van der Waals surface area contributed by atoms with Gasteiger partial charge >= 0.3 is 0 Å². The van der Waals surface area contributed by atoms with Crippen molar-refractivity contribution in [2.45, 2.75) is 13.5 Å². The van der Waals surface area contributed by atoms with Crippen molar-refractivity contribution in [1.82, 2.24) is 19.7 Å². The zero-order valence-electron chi connectivity index (χ0n) is 11.0. The minimum atomic E-state index is 0.714. The maximum Gasteiger partial charge on any atom is 0.163 e. The van der Waals surface area contributed by atoms with E-state index in [9.17, 15) is 0 Å². The van der Waals surface area contributed by atoms with Gasteiger partial charge in [0.2, 0.25) is 0 Å². The summed E-state index contributed by atoms with van der Waals surface area (Å²) in [5.41, 5.74) is 3.31. The minimum Gasteiger partial charge on any atom is -0.372 e. The van der Waals surface area contributed by atoms with Gasteiger partial charge in [0.05, 0.1) is 18.1 Å². The van der Waals surface area contributed by atoms with Gasteiger partial charge in [-0.05, 0) is 12.5 Å². The zero-order chi connectivity index (χ0) is 13.2. The highest BCUT2D eigenvalue weighted by Crippen LogP contribution is 2.18. The standard InChI is InChI=1S/C14H15N5/c1-10-4-3-5-11(6-10)8-19-14-12(7-18-19)13(15-2)16-9-17-14/h3-7,9H,8H2,1-2H3,(H,15,16,17). The summed E-state index contributed by atoms with van der Waals surface area (Å²) in [5, 5.41) is 8.40. The SMILES string of the molecule is CNc1ncnc2c1cnn2Cc1cccc(C)c1. The van der Waals surface area contributed by atoms with Crippen molar-refractivity contribution in [2.24, 2.45) is 0 Å². The maximum atomic E-state index is 4.40. The molecule has 1 aromatic carbocycles. The van der Waals surface area contributed by atoms with Gasteiger partial charge in [0, 0.05) is 7.05 Å². The molecule has 0 saturated carbocycles. The van der Waals surface area contributed by atoms with Crippen LogP contribution in [0, 0.1) is 6.92 Å². The quantitative estimate of drug-likeness (QED) is 0.777. The highest BCUT2D eigenvalue weighted by Gasteiger charge is 2.08. The molecule has 19 heavy (non-hydrogen) atoms. The Labute approximate surface area is 111 Å². The fourth-order valence-electron chi connectivity index (χ4n) is 2.19. The van der Waals surface area contributed by atoms with Gasteiger partial charge in [-0.25, -0.2) is 14.6 Å². The molecule has 0 aliphatic heterocycles. The summed E-state index contributed by atoms with van der Waals surface area (Å²) in [6.07, 6.45) is 3.36. The number of nitrogens with zero attached hydrogens (tertiary/aromatic N) is 4. The summed E-state index contributed by atoms with van der Waals surface area (Å²) < 4.78 is 1.90. The van der Waals surface area contributed by atoms with Crippen LogP contribution < -0.4 is 5.32 Å². The first-order valence-electron chi connectivity index (χ1n) is 6.18. The molecule has 0 spiro atoms. The Bertz CT molecular complexity index is 717. The van der Waals surface area contributed by atoms with Gasteiger partial charge < -0.3 is 5.32 Å². The predicted molar refractivity (Wildman–Crippen MR) is 75.2 cm³/mol. The molecule has 0 amide bonds. The first-order valence-corrected chi connectivity index (χ1v) is 6.18. The molecule has 0 atom stereocenters. The van der Waals surface area contributed by atoms with E-state index >= 15 is 0 Å². The molecule has 2 aromatic heterocycles. The topological polar surface area (TPSA) is 55.6 Å². The second-order valence-corrected chi connectivity index (χ2v) is 4.50. The van der Waals surface area contributed by atoms with Crippen molar-refractivity contribution in [3.05, 3.63) is 47.9 Å². The molecule has 96 valence electrons. The van der Waals surface area contributed by atoms with Crippen LogP contribution in [0.3, 0.4) is 0 Å². The highest BCUT2D eigenvalue weighted by atomic mass is 15.3. The summed E-state index contributed by atoms with van der Waals surface area (Å²) in [6, 6.07) is 8.41. The van der Waals surface area contributed by atoms with Crippen LogP contribution in [0.2, 0.25) is 0 Å². The number of rotatable bonds is 3. The smallest absolute Gasteiger partial charge is 0.163 e. The third-order valence-electron chi connectivity index (χ3n) is 3.09. The lowest BCUT2D eigenvalue weighted by atomic mass is 10.1. The number of aromatic nitrogens is 4. The van der Waals surface area contributed by atoms with Crippen LogP contribution in [-0.4, -0.2) is 26.8 Å². The van der Waals surface area contributed by atoms with Gasteiger partial charge in [-0.1, -0.05) is 29.8 Å². The Morgan fingerprint density at radius 3 is 2.95 bits per heavy atom. The molecular formula is C14H15N5. The van der Waals surface area contributed by atoms with E-state index in [4.69, 9.17) is 0 Å². The number of nitrogens with one attached hydrogen (secondary N) is 1. The van der Waals surface area contributed by atoms with Crippen molar-refractivity contribution in [2.75, 3.05) is 12.4 Å². The molecule has 5 heteroatoms. The number of anilines is 1. The molecule has 1 N–H and O–H groups in total. The Morgan fingerprint density at radius 2 is 2.16 bits per heavy atom. The van der Waals surface area contributed by atoms with Crippen molar-refractivity contribution in [3.8, 4) is 0 Å². The average Bonchev–Trinajstić information content (AvgIpc) is 2.82. The van der Waals surface area contributed by atoms with E-state index in [1.54, 1.807) is 12.5 Å². The fourth-order valence-corrected chi connectivity index (χ4v) is 2.19. The summed E-state index contributed by atoms with van der Waals surface area (Å²) in [4.78, 5) is 8.50. The average molecular weight is 253 g/mol. The minimum absolute atomic E-state index is 0.714. The molecule has 0 bridgehead atoms.